The number of hydrazine groups is 1. The molecule has 0 atom stereocenters. The summed E-state index contributed by atoms with van der Waals surface area (Å²) in [7, 11) is 2.13. The van der Waals surface area contributed by atoms with Crippen molar-refractivity contribution in [1.29, 1.82) is 0 Å². The van der Waals surface area contributed by atoms with Crippen molar-refractivity contribution in [3.63, 3.8) is 0 Å². The highest BCUT2D eigenvalue weighted by atomic mass is 15.5. The molecule has 1 aromatic carbocycles. The van der Waals surface area contributed by atoms with Gasteiger partial charge in [0.05, 0.1) is 0 Å². The van der Waals surface area contributed by atoms with E-state index in [1.165, 1.54) is 17.5 Å². The van der Waals surface area contributed by atoms with Crippen LogP contribution in [0.2, 0.25) is 0 Å². The summed E-state index contributed by atoms with van der Waals surface area (Å²) in [6.45, 7) is 6.68. The van der Waals surface area contributed by atoms with Crippen LogP contribution in [0.3, 0.4) is 0 Å². The molecule has 24 heavy (non-hydrogen) atoms. The quantitative estimate of drug-likeness (QED) is 0.768. The van der Waals surface area contributed by atoms with Crippen LogP contribution in [0.25, 0.3) is 0 Å². The van der Waals surface area contributed by atoms with E-state index in [4.69, 9.17) is 5.73 Å². The SMILES string of the molecule is Cc1ccc(CNc2ncnc(NN3CCN(C)CC3)c2N)cc1. The largest absolute Gasteiger partial charge is 0.393 e. The number of piperazine rings is 1. The molecule has 7 nitrogen and oxygen atoms in total. The summed E-state index contributed by atoms with van der Waals surface area (Å²) in [5, 5.41) is 5.43. The summed E-state index contributed by atoms with van der Waals surface area (Å²) < 4.78 is 0. The van der Waals surface area contributed by atoms with Gasteiger partial charge in [-0.3, -0.25) is 0 Å². The first kappa shape index (κ1) is 16.5. The zero-order chi connectivity index (χ0) is 16.9. The average Bonchev–Trinajstić information content (AvgIpc) is 2.59. The van der Waals surface area contributed by atoms with Crippen molar-refractivity contribution < 1.29 is 0 Å². The van der Waals surface area contributed by atoms with E-state index in [1.54, 1.807) is 0 Å². The number of aryl methyl sites for hydroxylation is 1. The Morgan fingerprint density at radius 1 is 1.04 bits per heavy atom. The van der Waals surface area contributed by atoms with Crippen molar-refractivity contribution in [3.05, 3.63) is 41.7 Å². The minimum absolute atomic E-state index is 0.545. The fourth-order valence-corrected chi connectivity index (χ4v) is 2.59. The summed E-state index contributed by atoms with van der Waals surface area (Å²) in [5.74, 6) is 1.31. The van der Waals surface area contributed by atoms with Crippen molar-refractivity contribution in [1.82, 2.24) is 19.9 Å². The van der Waals surface area contributed by atoms with Crippen LogP contribution in [0, 0.1) is 6.92 Å². The highest BCUT2D eigenvalue weighted by molar-refractivity contribution is 5.73. The maximum absolute atomic E-state index is 6.23. The molecule has 0 spiro atoms. The highest BCUT2D eigenvalue weighted by Gasteiger charge is 2.16. The van der Waals surface area contributed by atoms with Gasteiger partial charge >= 0.3 is 0 Å². The van der Waals surface area contributed by atoms with Crippen LogP contribution >= 0.6 is 0 Å². The fourth-order valence-electron chi connectivity index (χ4n) is 2.59. The molecule has 1 aromatic heterocycles. The normalized spacial score (nSPS) is 16.1. The van der Waals surface area contributed by atoms with Crippen molar-refractivity contribution in [2.75, 3.05) is 49.7 Å². The van der Waals surface area contributed by atoms with E-state index in [-0.39, 0.29) is 0 Å². The number of nitrogens with two attached hydrogens (primary N) is 1. The van der Waals surface area contributed by atoms with E-state index in [0.29, 0.717) is 23.9 Å². The van der Waals surface area contributed by atoms with Gasteiger partial charge < -0.3 is 21.4 Å². The molecule has 4 N–H and O–H groups in total. The second-order valence-corrected chi connectivity index (χ2v) is 6.23. The molecule has 1 fully saturated rings. The lowest BCUT2D eigenvalue weighted by Crippen LogP contribution is -2.47. The Morgan fingerprint density at radius 3 is 2.42 bits per heavy atom. The predicted octanol–water partition coefficient (Wildman–Crippen LogP) is 1.55. The molecule has 128 valence electrons. The van der Waals surface area contributed by atoms with Gasteiger partial charge in [-0.05, 0) is 19.5 Å². The van der Waals surface area contributed by atoms with E-state index in [9.17, 15) is 0 Å². The van der Waals surface area contributed by atoms with Crippen LogP contribution in [0.1, 0.15) is 11.1 Å². The molecule has 0 aliphatic carbocycles. The number of rotatable bonds is 5. The molecule has 3 rings (SSSR count). The van der Waals surface area contributed by atoms with Crippen molar-refractivity contribution in [2.45, 2.75) is 13.5 Å². The van der Waals surface area contributed by atoms with Gasteiger partial charge in [0.2, 0.25) is 0 Å². The number of anilines is 3. The molecule has 0 saturated carbocycles. The first-order valence-corrected chi connectivity index (χ1v) is 8.22. The lowest BCUT2D eigenvalue weighted by Gasteiger charge is -2.32. The fraction of sp³-hybridized carbons (Fsp3) is 0.412. The molecule has 2 aromatic rings. The van der Waals surface area contributed by atoms with E-state index >= 15 is 0 Å². The molecule has 0 radical (unpaired) electrons. The number of benzene rings is 1. The van der Waals surface area contributed by atoms with Crippen LogP contribution in [0.5, 0.6) is 0 Å². The van der Waals surface area contributed by atoms with Crippen molar-refractivity contribution in [2.24, 2.45) is 0 Å². The Bertz CT molecular complexity index is 663. The van der Waals surface area contributed by atoms with Gasteiger partial charge in [0.1, 0.15) is 12.0 Å². The van der Waals surface area contributed by atoms with Gasteiger partial charge in [-0.25, -0.2) is 15.0 Å². The monoisotopic (exact) mass is 327 g/mol. The third kappa shape index (κ3) is 4.12. The maximum atomic E-state index is 6.23. The highest BCUT2D eigenvalue weighted by Crippen LogP contribution is 2.23. The van der Waals surface area contributed by atoms with Crippen LogP contribution in [0.4, 0.5) is 17.3 Å². The summed E-state index contributed by atoms with van der Waals surface area (Å²) in [6.07, 6.45) is 1.53. The molecule has 7 heteroatoms. The Balaban J connectivity index is 1.63. The van der Waals surface area contributed by atoms with Gasteiger partial charge in [0.25, 0.3) is 0 Å². The summed E-state index contributed by atoms with van der Waals surface area (Å²) >= 11 is 0. The number of nitrogens with zero attached hydrogens (tertiary/aromatic N) is 4. The predicted molar refractivity (Wildman–Crippen MR) is 97.6 cm³/mol. The van der Waals surface area contributed by atoms with Gasteiger partial charge in [0.15, 0.2) is 11.6 Å². The first-order valence-electron chi connectivity index (χ1n) is 8.22. The number of nitrogen functional groups attached to an aromatic ring is 1. The number of hydrogen-bond acceptors (Lipinski definition) is 7. The molecule has 1 aliphatic heterocycles. The van der Waals surface area contributed by atoms with Crippen molar-refractivity contribution in [3.8, 4) is 0 Å². The Hall–Kier alpha value is -2.38. The lowest BCUT2D eigenvalue weighted by atomic mass is 10.1. The van der Waals surface area contributed by atoms with Gasteiger partial charge in [0, 0.05) is 32.7 Å². The van der Waals surface area contributed by atoms with Crippen molar-refractivity contribution >= 4 is 17.3 Å². The summed E-state index contributed by atoms with van der Waals surface area (Å²) in [6, 6.07) is 8.40. The zero-order valence-electron chi connectivity index (χ0n) is 14.3. The van der Waals surface area contributed by atoms with E-state index in [2.05, 4.69) is 68.9 Å². The Labute approximate surface area is 142 Å². The van der Waals surface area contributed by atoms with Gasteiger partial charge in [-0.1, -0.05) is 29.8 Å². The molecular formula is C17H25N7. The van der Waals surface area contributed by atoms with E-state index < -0.39 is 0 Å². The smallest absolute Gasteiger partial charge is 0.169 e. The van der Waals surface area contributed by atoms with Gasteiger partial charge in [-0.15, -0.1) is 0 Å². The topological polar surface area (TPSA) is 82.3 Å². The lowest BCUT2D eigenvalue weighted by molar-refractivity contribution is 0.178. The molecule has 1 aliphatic rings. The molecule has 0 bridgehead atoms. The molecule has 0 amide bonds. The second kappa shape index (κ2) is 7.46. The summed E-state index contributed by atoms with van der Waals surface area (Å²) in [5.41, 5.74) is 12.5. The van der Waals surface area contributed by atoms with E-state index in [1.807, 2.05) is 0 Å². The average molecular weight is 327 g/mol. The number of likely N-dealkylation sites (N-methyl/N-ethyl adjacent to an activating group) is 1. The minimum Gasteiger partial charge on any atom is -0.393 e. The van der Waals surface area contributed by atoms with Crippen LogP contribution in [0.15, 0.2) is 30.6 Å². The molecular weight excluding hydrogens is 302 g/mol. The Morgan fingerprint density at radius 2 is 1.71 bits per heavy atom. The van der Waals surface area contributed by atoms with E-state index in [0.717, 1.165) is 26.2 Å². The van der Waals surface area contributed by atoms with Crippen LogP contribution in [-0.2, 0) is 6.54 Å². The molecule has 2 heterocycles. The van der Waals surface area contributed by atoms with Crippen LogP contribution in [-0.4, -0.2) is 53.1 Å². The number of aromatic nitrogens is 2. The third-order valence-corrected chi connectivity index (χ3v) is 4.23. The summed E-state index contributed by atoms with van der Waals surface area (Å²) in [4.78, 5) is 10.8. The number of hydrogen-bond donors (Lipinski definition) is 3. The second-order valence-electron chi connectivity index (χ2n) is 6.23. The van der Waals surface area contributed by atoms with Gasteiger partial charge in [-0.2, -0.15) is 0 Å². The minimum atomic E-state index is 0.545. The first-order chi connectivity index (χ1) is 11.6. The van der Waals surface area contributed by atoms with Crippen LogP contribution < -0.4 is 16.5 Å². The number of nitrogens with one attached hydrogen (secondary N) is 2. The maximum Gasteiger partial charge on any atom is 0.169 e. The molecule has 1 saturated heterocycles. The molecule has 0 unspecified atom stereocenters. The zero-order valence-corrected chi connectivity index (χ0v) is 14.3. The standard InChI is InChI=1S/C17H25N7/c1-13-3-5-14(6-4-13)11-19-16-15(18)17(21-12-20-16)22-24-9-7-23(2)8-10-24/h3-6,12H,7-11,18H2,1-2H3,(H2,19,20,21,22). The Kier molecular flexibility index (Phi) is 5.12. The third-order valence-electron chi connectivity index (χ3n) is 4.23.